The van der Waals surface area contributed by atoms with Crippen molar-refractivity contribution in [3.63, 3.8) is 0 Å². The van der Waals surface area contributed by atoms with E-state index in [1.54, 1.807) is 24.3 Å². The zero-order valence-electron chi connectivity index (χ0n) is 31.1. The monoisotopic (exact) mass is 757 g/mol. The summed E-state index contributed by atoms with van der Waals surface area (Å²) in [6, 6.07) is 17.7. The molecule has 3 aromatic carbocycles. The summed E-state index contributed by atoms with van der Waals surface area (Å²) in [5.41, 5.74) is 3.14. The molecule has 1 aliphatic carbocycles. The van der Waals surface area contributed by atoms with Crippen LogP contribution in [0.25, 0.3) is 0 Å². The van der Waals surface area contributed by atoms with Crippen LogP contribution >= 0.6 is 0 Å². The molecule has 0 aromatic heterocycles. The third-order valence-electron chi connectivity index (χ3n) is 9.94. The molecule has 0 aliphatic heterocycles. The number of methoxy groups -OCH3 is 1. The van der Waals surface area contributed by atoms with Crippen molar-refractivity contribution < 1.29 is 46.6 Å². The van der Waals surface area contributed by atoms with E-state index in [0.717, 1.165) is 20.0 Å². The van der Waals surface area contributed by atoms with Gasteiger partial charge in [0.1, 0.15) is 5.75 Å². The molecule has 10 nitrogen and oxygen atoms in total. The van der Waals surface area contributed by atoms with Gasteiger partial charge >= 0.3 is 18.4 Å². The molecule has 3 N–H and O–H groups in total. The van der Waals surface area contributed by atoms with Crippen LogP contribution in [0.2, 0.25) is 18.1 Å². The van der Waals surface area contributed by atoms with E-state index in [1.807, 2.05) is 58.1 Å². The molecule has 53 heavy (non-hydrogen) atoms. The number of ether oxygens (including phenoxy) is 2. The Morgan fingerprint density at radius 3 is 2.17 bits per heavy atom. The molecule has 288 valence electrons. The highest BCUT2D eigenvalue weighted by atomic mass is 28.4. The Labute approximate surface area is 310 Å². The Balaban J connectivity index is 1.59. The van der Waals surface area contributed by atoms with Gasteiger partial charge in [-0.2, -0.15) is 0 Å². The number of nitrogens with zero attached hydrogens (tertiary/aromatic N) is 1. The molecule has 14 heteroatoms. The van der Waals surface area contributed by atoms with Gasteiger partial charge in [-0.05, 0) is 90.5 Å². The lowest BCUT2D eigenvalue weighted by atomic mass is 9.84. The second-order valence-corrected chi connectivity index (χ2v) is 19.6. The van der Waals surface area contributed by atoms with Crippen LogP contribution in [-0.2, 0) is 27.1 Å². The van der Waals surface area contributed by atoms with Crippen LogP contribution in [0.3, 0.4) is 0 Å². The Bertz CT molecular complexity index is 1710. The number of rotatable bonds is 13. The molecule has 0 heterocycles. The van der Waals surface area contributed by atoms with Crippen molar-refractivity contribution in [1.82, 2.24) is 5.32 Å². The van der Waals surface area contributed by atoms with E-state index in [-0.39, 0.29) is 41.5 Å². The van der Waals surface area contributed by atoms with Crippen LogP contribution in [0, 0.1) is 0 Å². The van der Waals surface area contributed by atoms with Crippen LogP contribution in [-0.4, -0.2) is 57.5 Å². The van der Waals surface area contributed by atoms with Crippen molar-refractivity contribution >= 4 is 37.6 Å². The molecule has 1 aliphatic rings. The first kappa shape index (κ1) is 41.4. The summed E-state index contributed by atoms with van der Waals surface area (Å²) in [5, 5.41) is 14.9. The molecular formula is C39H50F3N3O7Si. The van der Waals surface area contributed by atoms with Gasteiger partial charge < -0.3 is 29.6 Å². The summed E-state index contributed by atoms with van der Waals surface area (Å²) in [6.07, 6.45) is -0.619. The van der Waals surface area contributed by atoms with Gasteiger partial charge in [0, 0.05) is 22.5 Å². The summed E-state index contributed by atoms with van der Waals surface area (Å²) >= 11 is 0. The molecule has 4 rings (SSSR count). The first-order chi connectivity index (χ1) is 24.9. The minimum atomic E-state index is -4.92. The molecule has 3 aromatic rings. The van der Waals surface area contributed by atoms with E-state index < -0.39 is 44.4 Å². The number of aliphatic hydroxyl groups is 1. The van der Waals surface area contributed by atoms with Crippen LogP contribution in [0.4, 0.5) is 29.3 Å². The molecule has 0 bridgehead atoms. The zero-order chi connectivity index (χ0) is 39.0. The molecule has 1 atom stereocenters. The number of carbonyl (C=O) groups excluding carboxylic acids is 3. The summed E-state index contributed by atoms with van der Waals surface area (Å²) in [4.78, 5) is 39.7. The maximum Gasteiger partial charge on any atom is 0.573 e. The van der Waals surface area contributed by atoms with Crippen LogP contribution in [0.15, 0.2) is 66.7 Å². The minimum absolute atomic E-state index is 0.0914. The van der Waals surface area contributed by atoms with Crippen LogP contribution in [0.5, 0.6) is 5.75 Å². The van der Waals surface area contributed by atoms with E-state index in [0.29, 0.717) is 17.2 Å². The van der Waals surface area contributed by atoms with Gasteiger partial charge in [0.05, 0.1) is 26.8 Å². The molecule has 0 spiro atoms. The molecule has 1 saturated carbocycles. The van der Waals surface area contributed by atoms with Crippen molar-refractivity contribution in [3.05, 3.63) is 89.0 Å². The van der Waals surface area contributed by atoms with Gasteiger partial charge in [-0.1, -0.05) is 64.3 Å². The second kappa shape index (κ2) is 17.6. The molecule has 1 unspecified atom stereocenters. The normalized spacial score (nSPS) is 14.6. The third-order valence-corrected chi connectivity index (χ3v) is 14.4. The van der Waals surface area contributed by atoms with Gasteiger partial charge in [-0.3, -0.25) is 9.69 Å². The maximum absolute atomic E-state index is 14.0. The predicted molar refractivity (Wildman–Crippen MR) is 199 cm³/mol. The zero-order valence-corrected chi connectivity index (χ0v) is 32.1. The van der Waals surface area contributed by atoms with E-state index in [1.165, 1.54) is 47.9 Å². The summed E-state index contributed by atoms with van der Waals surface area (Å²) in [5.74, 6) is -1.34. The fourth-order valence-corrected chi connectivity index (χ4v) is 6.71. The van der Waals surface area contributed by atoms with Crippen molar-refractivity contribution in [2.75, 3.05) is 23.9 Å². The fraction of sp³-hybridized carbons (Fsp3) is 0.462. The van der Waals surface area contributed by atoms with E-state index in [4.69, 9.17) is 4.43 Å². The number of carbonyl (C=O) groups is 3. The van der Waals surface area contributed by atoms with Crippen molar-refractivity contribution in [3.8, 4) is 5.75 Å². The number of amides is 3. The number of esters is 1. The number of nitrogens with one attached hydrogen (secondary N) is 2. The number of urea groups is 1. The lowest BCUT2D eigenvalue weighted by molar-refractivity contribution is -0.275. The number of anilines is 2. The third kappa shape index (κ3) is 11.8. The van der Waals surface area contributed by atoms with Gasteiger partial charge in [-0.25, -0.2) is 9.59 Å². The van der Waals surface area contributed by atoms with E-state index in [2.05, 4.69) is 20.1 Å². The molecule has 0 saturated heterocycles. The number of benzene rings is 3. The first-order valence-corrected chi connectivity index (χ1v) is 20.6. The average molecular weight is 758 g/mol. The maximum atomic E-state index is 14.0. The van der Waals surface area contributed by atoms with Crippen molar-refractivity contribution in [1.29, 1.82) is 0 Å². The smallest absolute Gasteiger partial charge is 0.467 e. The average Bonchev–Trinajstić information content (AvgIpc) is 3.12. The Hall–Kier alpha value is -4.40. The number of hydrogen-bond donors (Lipinski definition) is 3. The summed E-state index contributed by atoms with van der Waals surface area (Å²) < 4.78 is 55.1. The van der Waals surface area contributed by atoms with Crippen LogP contribution in [0.1, 0.15) is 85.8 Å². The molecule has 1 fully saturated rings. The highest BCUT2D eigenvalue weighted by Crippen LogP contribution is 2.39. The van der Waals surface area contributed by atoms with Gasteiger partial charge in [0.25, 0.3) is 5.91 Å². The minimum Gasteiger partial charge on any atom is -0.467 e. The van der Waals surface area contributed by atoms with Gasteiger partial charge in [-0.15, -0.1) is 13.2 Å². The highest BCUT2D eigenvalue weighted by Gasteiger charge is 2.38. The summed E-state index contributed by atoms with van der Waals surface area (Å²) in [7, 11) is -1.22. The molecule has 3 amide bonds. The van der Waals surface area contributed by atoms with Crippen molar-refractivity contribution in [2.24, 2.45) is 0 Å². The number of hydrogen-bond acceptors (Lipinski definition) is 7. The van der Waals surface area contributed by atoms with Crippen molar-refractivity contribution in [2.45, 2.75) is 103 Å². The Kier molecular flexibility index (Phi) is 13.7. The molecule has 0 radical (unpaired) electrons. The second-order valence-electron chi connectivity index (χ2n) is 14.8. The van der Waals surface area contributed by atoms with E-state index >= 15 is 0 Å². The SMILES string of the molecule is COC(=O)C(O)CNC(=O)c1ccc(CN(C(=O)Nc2ccc(OC(F)(F)F)c(CO[Si](C)(C)C(C)(C)C)c2)c2ccc(C3CCCCC3)cc2)cc1. The number of alkyl halides is 3. The quantitative estimate of drug-likeness (QED) is 0.118. The largest absolute Gasteiger partial charge is 0.573 e. The Morgan fingerprint density at radius 1 is 0.943 bits per heavy atom. The number of halogens is 3. The lowest BCUT2D eigenvalue weighted by Gasteiger charge is -2.36. The fourth-order valence-electron chi connectivity index (χ4n) is 5.76. The van der Waals surface area contributed by atoms with Gasteiger partial charge in [0.2, 0.25) is 0 Å². The molecular weight excluding hydrogens is 708 g/mol. The first-order valence-electron chi connectivity index (χ1n) is 17.7. The topological polar surface area (TPSA) is 126 Å². The standard InChI is InChI=1S/C39H50F3N3O7Si/c1-38(2,3)53(5,6)51-25-30-22-31(18-21-34(30)52-39(40,41)42)44-37(49)45(32-19-16-28(17-20-32)27-10-8-7-9-11-27)24-26-12-14-29(15-13-26)35(47)43-23-33(46)36(48)50-4/h12-22,27,33,46H,7-11,23-25H2,1-6H3,(H,43,47)(H,44,49). The number of aliphatic hydroxyl groups excluding tert-OH is 1. The van der Waals surface area contributed by atoms with E-state index in [9.17, 15) is 32.7 Å². The van der Waals surface area contributed by atoms with Crippen LogP contribution < -0.4 is 20.3 Å². The Morgan fingerprint density at radius 2 is 1.58 bits per heavy atom. The van der Waals surface area contributed by atoms with Gasteiger partial charge in [0.15, 0.2) is 14.4 Å². The summed E-state index contributed by atoms with van der Waals surface area (Å²) in [6.45, 7) is 9.70. The predicted octanol–water partition coefficient (Wildman–Crippen LogP) is 8.66. The highest BCUT2D eigenvalue weighted by molar-refractivity contribution is 6.74. The lowest BCUT2D eigenvalue weighted by Crippen LogP contribution is -2.40.